The van der Waals surface area contributed by atoms with E-state index in [4.69, 9.17) is 9.47 Å². The molecule has 1 amide bonds. The third-order valence-corrected chi connectivity index (χ3v) is 6.14. The predicted molar refractivity (Wildman–Crippen MR) is 107 cm³/mol. The Balaban J connectivity index is 1.85. The molecule has 1 aliphatic heterocycles. The molecule has 1 N–H and O–H groups in total. The number of hydrogen-bond donors (Lipinski definition) is 1. The summed E-state index contributed by atoms with van der Waals surface area (Å²) >= 11 is 3.33. The lowest BCUT2D eigenvalue weighted by Crippen LogP contribution is -2.39. The lowest BCUT2D eigenvalue weighted by atomic mass is 10.2. The fourth-order valence-electron chi connectivity index (χ4n) is 2.59. The molecule has 0 spiro atoms. The molecule has 1 aliphatic rings. The summed E-state index contributed by atoms with van der Waals surface area (Å²) in [6, 6.07) is 11.9. The highest BCUT2D eigenvalue weighted by molar-refractivity contribution is 9.10. The molecule has 3 rings (SSSR count). The molecular formula is C18H19BrN2O5S. The van der Waals surface area contributed by atoms with Crippen molar-refractivity contribution in [2.45, 2.75) is 6.92 Å². The van der Waals surface area contributed by atoms with Gasteiger partial charge in [-0.1, -0.05) is 22.0 Å². The summed E-state index contributed by atoms with van der Waals surface area (Å²) in [4.78, 5) is 12.5. The molecule has 0 atom stereocenters. The molecule has 0 bridgehead atoms. The number of hydrogen-bond acceptors (Lipinski definition) is 5. The molecule has 2 aromatic carbocycles. The molecule has 0 fully saturated rings. The lowest BCUT2D eigenvalue weighted by Gasteiger charge is -2.25. The summed E-state index contributed by atoms with van der Waals surface area (Å²) < 4.78 is 38.0. The Labute approximate surface area is 166 Å². The minimum absolute atomic E-state index is 0.133. The summed E-state index contributed by atoms with van der Waals surface area (Å²) in [6.07, 6.45) is 0. The van der Waals surface area contributed by atoms with Gasteiger partial charge in [0.25, 0.3) is 0 Å². The average molecular weight is 455 g/mol. The van der Waals surface area contributed by atoms with Crippen molar-refractivity contribution in [2.24, 2.45) is 0 Å². The maximum absolute atomic E-state index is 12.6. The van der Waals surface area contributed by atoms with Gasteiger partial charge in [-0.05, 0) is 37.3 Å². The molecule has 0 aliphatic carbocycles. The number of fused-ring (bicyclic) bond motifs is 1. The number of rotatable bonds is 6. The van der Waals surface area contributed by atoms with Gasteiger partial charge in [-0.3, -0.25) is 9.10 Å². The van der Waals surface area contributed by atoms with Crippen LogP contribution in [0.15, 0.2) is 46.9 Å². The maximum atomic E-state index is 12.6. The van der Waals surface area contributed by atoms with E-state index in [0.717, 1.165) is 8.78 Å². The number of nitrogens with one attached hydrogen (secondary N) is 1. The zero-order chi connectivity index (χ0) is 19.4. The van der Waals surface area contributed by atoms with Crippen molar-refractivity contribution in [3.05, 3.63) is 46.9 Å². The number of carbonyl (C=O) groups is 1. The van der Waals surface area contributed by atoms with Crippen molar-refractivity contribution >= 4 is 43.2 Å². The predicted octanol–water partition coefficient (Wildman–Crippen LogP) is 3.02. The van der Waals surface area contributed by atoms with Crippen LogP contribution in [0.3, 0.4) is 0 Å². The van der Waals surface area contributed by atoms with Crippen molar-refractivity contribution in [2.75, 3.05) is 35.1 Å². The van der Waals surface area contributed by atoms with Crippen LogP contribution in [0.25, 0.3) is 0 Å². The molecule has 9 heteroatoms. The number of carbonyl (C=O) groups excluding carboxylic acids is 1. The summed E-state index contributed by atoms with van der Waals surface area (Å²) in [6.45, 7) is 2.02. The monoisotopic (exact) mass is 454 g/mol. The van der Waals surface area contributed by atoms with E-state index in [9.17, 15) is 13.2 Å². The summed E-state index contributed by atoms with van der Waals surface area (Å²) in [5, 5.41) is 2.71. The number of halogens is 1. The second-order valence-electron chi connectivity index (χ2n) is 5.79. The van der Waals surface area contributed by atoms with Crippen LogP contribution >= 0.6 is 15.9 Å². The second-order valence-corrected chi connectivity index (χ2v) is 8.89. The van der Waals surface area contributed by atoms with Crippen LogP contribution in [-0.2, 0) is 14.8 Å². The van der Waals surface area contributed by atoms with Crippen LogP contribution in [-0.4, -0.2) is 39.8 Å². The molecule has 0 saturated carbocycles. The van der Waals surface area contributed by atoms with Gasteiger partial charge in [0.1, 0.15) is 19.8 Å². The van der Waals surface area contributed by atoms with E-state index < -0.39 is 15.9 Å². The van der Waals surface area contributed by atoms with Crippen LogP contribution in [0, 0.1) is 0 Å². The summed E-state index contributed by atoms with van der Waals surface area (Å²) in [5.74, 6) is 0.436. The SMILES string of the molecule is CCS(=O)(=O)N(CC(=O)Nc1cccc(Br)c1)c1ccc2c(c1)OCCO2. The van der Waals surface area contributed by atoms with Crippen molar-refractivity contribution in [1.82, 2.24) is 0 Å². The minimum Gasteiger partial charge on any atom is -0.486 e. The summed E-state index contributed by atoms with van der Waals surface area (Å²) in [5.41, 5.74) is 0.927. The van der Waals surface area contributed by atoms with Gasteiger partial charge in [-0.15, -0.1) is 0 Å². The number of amides is 1. The van der Waals surface area contributed by atoms with Crippen LogP contribution in [0.2, 0.25) is 0 Å². The molecule has 0 saturated heterocycles. The molecule has 0 radical (unpaired) electrons. The molecule has 2 aromatic rings. The van der Waals surface area contributed by atoms with E-state index in [1.807, 2.05) is 6.07 Å². The maximum Gasteiger partial charge on any atom is 0.245 e. The van der Waals surface area contributed by atoms with Crippen LogP contribution in [0.1, 0.15) is 6.92 Å². The number of ether oxygens (including phenoxy) is 2. The third kappa shape index (κ3) is 4.72. The molecule has 27 heavy (non-hydrogen) atoms. The van der Waals surface area contributed by atoms with Crippen molar-refractivity contribution in [3.63, 3.8) is 0 Å². The zero-order valence-corrected chi connectivity index (χ0v) is 17.0. The lowest BCUT2D eigenvalue weighted by molar-refractivity contribution is -0.114. The number of sulfonamides is 1. The smallest absolute Gasteiger partial charge is 0.245 e. The Bertz CT molecular complexity index is 949. The number of benzene rings is 2. The van der Waals surface area contributed by atoms with Crippen LogP contribution in [0.5, 0.6) is 11.5 Å². The Morgan fingerprint density at radius 1 is 1.15 bits per heavy atom. The van der Waals surface area contributed by atoms with Gasteiger partial charge in [-0.25, -0.2) is 8.42 Å². The number of nitrogens with zero attached hydrogens (tertiary/aromatic N) is 1. The molecule has 0 aromatic heterocycles. The Hall–Kier alpha value is -2.26. The molecule has 7 nitrogen and oxygen atoms in total. The average Bonchev–Trinajstić information content (AvgIpc) is 2.65. The molecule has 1 heterocycles. The Morgan fingerprint density at radius 3 is 2.59 bits per heavy atom. The third-order valence-electron chi connectivity index (χ3n) is 3.91. The van der Waals surface area contributed by atoms with E-state index >= 15 is 0 Å². The zero-order valence-electron chi connectivity index (χ0n) is 14.6. The molecule has 0 unspecified atom stereocenters. The van der Waals surface area contributed by atoms with Crippen molar-refractivity contribution < 1.29 is 22.7 Å². The van der Waals surface area contributed by atoms with Crippen molar-refractivity contribution in [3.8, 4) is 11.5 Å². The first kappa shape index (κ1) is 19.5. The van der Waals surface area contributed by atoms with Gasteiger partial charge in [0.15, 0.2) is 11.5 Å². The van der Waals surface area contributed by atoms with E-state index in [2.05, 4.69) is 21.2 Å². The minimum atomic E-state index is -3.67. The molecule has 144 valence electrons. The first-order valence-electron chi connectivity index (χ1n) is 8.34. The van der Waals surface area contributed by atoms with Gasteiger partial charge in [0.05, 0.1) is 11.4 Å². The van der Waals surface area contributed by atoms with Gasteiger partial charge in [-0.2, -0.15) is 0 Å². The first-order valence-corrected chi connectivity index (χ1v) is 10.7. The standard InChI is InChI=1S/C18H19BrN2O5S/c1-2-27(23,24)21(12-18(22)20-14-5-3-4-13(19)10-14)15-6-7-16-17(11-15)26-9-8-25-16/h3-7,10-11H,2,8-9,12H2,1H3,(H,20,22). The summed E-state index contributed by atoms with van der Waals surface area (Å²) in [7, 11) is -3.67. The van der Waals surface area contributed by atoms with Gasteiger partial charge >= 0.3 is 0 Å². The van der Waals surface area contributed by atoms with Crippen LogP contribution in [0.4, 0.5) is 11.4 Å². The second kappa shape index (κ2) is 8.18. The fraction of sp³-hybridized carbons (Fsp3) is 0.278. The topological polar surface area (TPSA) is 84.9 Å². The number of anilines is 2. The first-order chi connectivity index (χ1) is 12.9. The van der Waals surface area contributed by atoms with Gasteiger partial charge in [0.2, 0.25) is 15.9 Å². The Morgan fingerprint density at radius 2 is 1.89 bits per heavy atom. The van der Waals surface area contributed by atoms with E-state index in [0.29, 0.717) is 36.1 Å². The highest BCUT2D eigenvalue weighted by Gasteiger charge is 2.25. The van der Waals surface area contributed by atoms with Crippen LogP contribution < -0.4 is 19.1 Å². The highest BCUT2D eigenvalue weighted by atomic mass is 79.9. The van der Waals surface area contributed by atoms with E-state index in [-0.39, 0.29) is 12.3 Å². The normalized spacial score (nSPS) is 13.1. The Kier molecular flexibility index (Phi) is 5.91. The van der Waals surface area contributed by atoms with Gasteiger partial charge in [0, 0.05) is 16.2 Å². The fourth-order valence-corrected chi connectivity index (χ4v) is 4.05. The molecular weight excluding hydrogens is 436 g/mol. The van der Waals surface area contributed by atoms with E-state index in [1.165, 1.54) is 6.92 Å². The highest BCUT2D eigenvalue weighted by Crippen LogP contribution is 2.34. The van der Waals surface area contributed by atoms with E-state index in [1.54, 1.807) is 36.4 Å². The van der Waals surface area contributed by atoms with Crippen molar-refractivity contribution in [1.29, 1.82) is 0 Å². The largest absolute Gasteiger partial charge is 0.486 e. The van der Waals surface area contributed by atoms with Gasteiger partial charge < -0.3 is 14.8 Å². The quantitative estimate of drug-likeness (QED) is 0.724.